The summed E-state index contributed by atoms with van der Waals surface area (Å²) in [6.45, 7) is 9.52. The van der Waals surface area contributed by atoms with Crippen LogP contribution >= 0.6 is 0 Å². The summed E-state index contributed by atoms with van der Waals surface area (Å²) in [5.74, 6) is 1.62. The first kappa shape index (κ1) is 16.0. The summed E-state index contributed by atoms with van der Waals surface area (Å²) in [4.78, 5) is 0. The highest BCUT2D eigenvalue weighted by Crippen LogP contribution is 2.11. The van der Waals surface area contributed by atoms with Crippen LogP contribution in [0.15, 0.2) is 6.07 Å². The van der Waals surface area contributed by atoms with Crippen molar-refractivity contribution in [2.75, 3.05) is 19.7 Å². The van der Waals surface area contributed by atoms with Gasteiger partial charge in [-0.25, -0.2) is 4.68 Å². The third kappa shape index (κ3) is 7.21. The van der Waals surface area contributed by atoms with E-state index < -0.39 is 0 Å². The molecular weight excluding hydrogens is 238 g/mol. The van der Waals surface area contributed by atoms with E-state index in [0.29, 0.717) is 0 Å². The molecule has 19 heavy (non-hydrogen) atoms. The van der Waals surface area contributed by atoms with Crippen LogP contribution < -0.4 is 10.1 Å². The van der Waals surface area contributed by atoms with Gasteiger partial charge in [-0.15, -0.1) is 0 Å². The Labute approximate surface area is 117 Å². The van der Waals surface area contributed by atoms with Crippen LogP contribution in [0, 0.1) is 12.8 Å². The molecule has 0 radical (unpaired) electrons. The molecule has 0 unspecified atom stereocenters. The minimum Gasteiger partial charge on any atom is -0.478 e. The van der Waals surface area contributed by atoms with Crippen molar-refractivity contribution in [3.63, 3.8) is 0 Å². The van der Waals surface area contributed by atoms with E-state index in [1.54, 1.807) is 4.68 Å². The van der Waals surface area contributed by atoms with Crippen molar-refractivity contribution in [1.82, 2.24) is 15.1 Å². The van der Waals surface area contributed by atoms with Gasteiger partial charge >= 0.3 is 0 Å². The van der Waals surface area contributed by atoms with E-state index in [9.17, 15) is 0 Å². The zero-order chi connectivity index (χ0) is 14.1. The van der Waals surface area contributed by atoms with Crippen LogP contribution in [0.3, 0.4) is 0 Å². The molecule has 0 aliphatic rings. The fourth-order valence-corrected chi connectivity index (χ4v) is 2.00. The highest BCUT2D eigenvalue weighted by atomic mass is 16.5. The molecule has 0 aliphatic heterocycles. The minimum atomic E-state index is 0.746. The average molecular weight is 267 g/mol. The van der Waals surface area contributed by atoms with Gasteiger partial charge in [0.25, 0.3) is 0 Å². The van der Waals surface area contributed by atoms with Crippen LogP contribution in [-0.4, -0.2) is 29.5 Å². The molecule has 1 aromatic rings. The first-order valence-electron chi connectivity index (χ1n) is 7.43. The zero-order valence-corrected chi connectivity index (χ0v) is 12.9. The molecule has 1 rings (SSSR count). The largest absolute Gasteiger partial charge is 0.478 e. The first-order valence-corrected chi connectivity index (χ1v) is 7.43. The molecule has 0 fully saturated rings. The molecule has 0 spiro atoms. The van der Waals surface area contributed by atoms with E-state index in [1.807, 2.05) is 20.0 Å². The number of rotatable bonds is 10. The molecule has 110 valence electrons. The maximum atomic E-state index is 5.70. The molecule has 0 aliphatic carbocycles. The molecule has 4 heteroatoms. The summed E-state index contributed by atoms with van der Waals surface area (Å²) in [6.07, 6.45) is 4.89. The Morgan fingerprint density at radius 1 is 1.26 bits per heavy atom. The first-order chi connectivity index (χ1) is 9.09. The highest BCUT2D eigenvalue weighted by molar-refractivity contribution is 5.14. The van der Waals surface area contributed by atoms with Crippen LogP contribution in [0.2, 0.25) is 0 Å². The van der Waals surface area contributed by atoms with Gasteiger partial charge in [-0.3, -0.25) is 0 Å². The standard InChI is InChI=1S/C15H29N3O/c1-13(2)12-16-9-7-5-6-8-10-19-15-11-14(3)17-18(15)4/h11,13,16H,5-10,12H2,1-4H3. The number of hydrogen-bond acceptors (Lipinski definition) is 3. The molecule has 1 aromatic heterocycles. The number of aromatic nitrogens is 2. The second-order valence-electron chi connectivity index (χ2n) is 5.61. The quantitative estimate of drug-likeness (QED) is 0.663. The Bertz CT molecular complexity index is 347. The average Bonchev–Trinajstić information content (AvgIpc) is 2.65. The summed E-state index contributed by atoms with van der Waals surface area (Å²) < 4.78 is 7.50. The molecule has 1 N–H and O–H groups in total. The minimum absolute atomic E-state index is 0.746. The molecule has 0 amide bonds. The number of nitrogens with zero attached hydrogens (tertiary/aromatic N) is 2. The highest BCUT2D eigenvalue weighted by Gasteiger charge is 2.01. The smallest absolute Gasteiger partial charge is 0.211 e. The molecule has 4 nitrogen and oxygen atoms in total. The maximum absolute atomic E-state index is 5.70. The lowest BCUT2D eigenvalue weighted by atomic mass is 10.2. The van der Waals surface area contributed by atoms with Crippen molar-refractivity contribution in [1.29, 1.82) is 0 Å². The molecular formula is C15H29N3O. The van der Waals surface area contributed by atoms with Crippen LogP contribution in [0.5, 0.6) is 5.88 Å². The van der Waals surface area contributed by atoms with Gasteiger partial charge in [0.1, 0.15) is 0 Å². The summed E-state index contributed by atoms with van der Waals surface area (Å²) in [7, 11) is 1.92. The summed E-state index contributed by atoms with van der Waals surface area (Å²) >= 11 is 0. The van der Waals surface area contributed by atoms with Crippen LogP contribution in [0.4, 0.5) is 0 Å². The maximum Gasteiger partial charge on any atom is 0.211 e. The van der Waals surface area contributed by atoms with E-state index in [2.05, 4.69) is 24.3 Å². The Balaban J connectivity index is 1.93. The third-order valence-electron chi connectivity index (χ3n) is 3.01. The summed E-state index contributed by atoms with van der Waals surface area (Å²) in [5.41, 5.74) is 1.01. The van der Waals surface area contributed by atoms with Gasteiger partial charge < -0.3 is 10.1 Å². The van der Waals surface area contributed by atoms with Gasteiger partial charge in [0.15, 0.2) is 0 Å². The fraction of sp³-hybridized carbons (Fsp3) is 0.800. The van der Waals surface area contributed by atoms with Crippen LogP contribution in [-0.2, 0) is 7.05 Å². The van der Waals surface area contributed by atoms with E-state index in [1.165, 1.54) is 19.3 Å². The Hall–Kier alpha value is -1.03. The lowest BCUT2D eigenvalue weighted by Gasteiger charge is -2.07. The van der Waals surface area contributed by atoms with Crippen molar-refractivity contribution < 1.29 is 4.74 Å². The van der Waals surface area contributed by atoms with Gasteiger partial charge in [-0.2, -0.15) is 5.10 Å². The second-order valence-corrected chi connectivity index (χ2v) is 5.61. The molecule has 0 saturated heterocycles. The van der Waals surface area contributed by atoms with Crippen molar-refractivity contribution in [3.05, 3.63) is 11.8 Å². The molecule has 0 bridgehead atoms. The van der Waals surface area contributed by atoms with E-state index in [4.69, 9.17) is 4.74 Å². The van der Waals surface area contributed by atoms with Gasteiger partial charge in [-0.1, -0.05) is 26.7 Å². The van der Waals surface area contributed by atoms with Crippen molar-refractivity contribution in [3.8, 4) is 5.88 Å². The van der Waals surface area contributed by atoms with Gasteiger partial charge in [0.05, 0.1) is 12.3 Å². The number of ether oxygens (including phenoxy) is 1. The molecule has 0 atom stereocenters. The number of nitrogens with one attached hydrogen (secondary N) is 1. The van der Waals surface area contributed by atoms with E-state index in [-0.39, 0.29) is 0 Å². The van der Waals surface area contributed by atoms with Crippen molar-refractivity contribution >= 4 is 0 Å². The third-order valence-corrected chi connectivity index (χ3v) is 3.01. The van der Waals surface area contributed by atoms with E-state index >= 15 is 0 Å². The van der Waals surface area contributed by atoms with Gasteiger partial charge in [0.2, 0.25) is 5.88 Å². The Kier molecular flexibility index (Phi) is 7.56. The number of hydrogen-bond donors (Lipinski definition) is 1. The summed E-state index contributed by atoms with van der Waals surface area (Å²) in [6, 6.07) is 1.98. The van der Waals surface area contributed by atoms with Gasteiger partial charge in [0, 0.05) is 13.1 Å². The Morgan fingerprint density at radius 3 is 2.63 bits per heavy atom. The molecule has 0 saturated carbocycles. The fourth-order valence-electron chi connectivity index (χ4n) is 2.00. The predicted molar refractivity (Wildman–Crippen MR) is 79.6 cm³/mol. The monoisotopic (exact) mass is 267 g/mol. The van der Waals surface area contributed by atoms with Crippen molar-refractivity contribution in [2.24, 2.45) is 13.0 Å². The SMILES string of the molecule is Cc1cc(OCCCCCCNCC(C)C)n(C)n1. The van der Waals surface area contributed by atoms with Crippen LogP contribution in [0.1, 0.15) is 45.2 Å². The normalized spacial score (nSPS) is 11.2. The summed E-state index contributed by atoms with van der Waals surface area (Å²) in [5, 5.41) is 7.73. The molecule has 1 heterocycles. The Morgan fingerprint density at radius 2 is 2.00 bits per heavy atom. The predicted octanol–water partition coefficient (Wildman–Crippen LogP) is 2.91. The topological polar surface area (TPSA) is 39.1 Å². The zero-order valence-electron chi connectivity index (χ0n) is 12.9. The number of aryl methyl sites for hydroxylation is 2. The van der Waals surface area contributed by atoms with Crippen LogP contribution in [0.25, 0.3) is 0 Å². The second kappa shape index (κ2) is 8.97. The lowest BCUT2D eigenvalue weighted by molar-refractivity contribution is 0.279. The number of unbranched alkanes of at least 4 members (excludes halogenated alkanes) is 3. The van der Waals surface area contributed by atoms with E-state index in [0.717, 1.165) is 43.6 Å². The molecule has 0 aromatic carbocycles. The lowest BCUT2D eigenvalue weighted by Crippen LogP contribution is -2.20. The van der Waals surface area contributed by atoms with Gasteiger partial charge in [-0.05, 0) is 38.8 Å². The van der Waals surface area contributed by atoms with Crippen molar-refractivity contribution in [2.45, 2.75) is 46.5 Å².